The molecule has 90 valence electrons. The summed E-state index contributed by atoms with van der Waals surface area (Å²) in [5.74, 6) is -0.922. The van der Waals surface area contributed by atoms with Gasteiger partial charge in [0.25, 0.3) is 0 Å². The topological polar surface area (TPSA) is 72.9 Å². The number of hydrogen-bond acceptors (Lipinski definition) is 3. The van der Waals surface area contributed by atoms with Gasteiger partial charge in [-0.3, -0.25) is 14.2 Å². The minimum absolute atomic E-state index is 0.155. The number of halogens is 1. The lowest BCUT2D eigenvalue weighted by atomic mass is 10.2. The van der Waals surface area contributed by atoms with Gasteiger partial charge in [-0.05, 0) is 22.9 Å². The van der Waals surface area contributed by atoms with Gasteiger partial charge in [0.15, 0.2) is 0 Å². The molecule has 2 rings (SSSR count). The van der Waals surface area contributed by atoms with Crippen molar-refractivity contribution < 1.29 is 9.90 Å². The summed E-state index contributed by atoms with van der Waals surface area (Å²) in [6, 6.07) is 0. The fraction of sp³-hybridized carbons (Fsp3) is 0.300. The van der Waals surface area contributed by atoms with E-state index in [4.69, 9.17) is 5.11 Å². The van der Waals surface area contributed by atoms with Gasteiger partial charge >= 0.3 is 5.97 Å². The van der Waals surface area contributed by atoms with Crippen molar-refractivity contribution in [2.45, 2.75) is 13.5 Å². The number of rotatable bonds is 3. The minimum atomic E-state index is -0.922. The van der Waals surface area contributed by atoms with E-state index in [1.165, 1.54) is 4.68 Å². The molecule has 6 nitrogen and oxygen atoms in total. The molecule has 0 bridgehead atoms. The number of nitrogens with zero attached hydrogens (tertiary/aromatic N) is 4. The molecule has 0 fully saturated rings. The van der Waals surface area contributed by atoms with Crippen molar-refractivity contribution >= 4 is 21.9 Å². The second kappa shape index (κ2) is 4.33. The van der Waals surface area contributed by atoms with Crippen LogP contribution in [0.1, 0.15) is 5.69 Å². The fourth-order valence-corrected chi connectivity index (χ4v) is 2.16. The van der Waals surface area contributed by atoms with Crippen molar-refractivity contribution in [2.75, 3.05) is 0 Å². The summed E-state index contributed by atoms with van der Waals surface area (Å²) in [5.41, 5.74) is 2.45. The summed E-state index contributed by atoms with van der Waals surface area (Å²) in [5, 5.41) is 17.2. The van der Waals surface area contributed by atoms with E-state index in [1.807, 2.05) is 20.2 Å². The van der Waals surface area contributed by atoms with Gasteiger partial charge in [0.1, 0.15) is 12.2 Å². The Bertz CT molecular complexity index is 573. The molecule has 2 aromatic heterocycles. The molecule has 0 saturated carbocycles. The summed E-state index contributed by atoms with van der Waals surface area (Å²) in [6.07, 6.45) is 3.50. The first-order valence-electron chi connectivity index (χ1n) is 4.92. The highest BCUT2D eigenvalue weighted by atomic mass is 79.9. The van der Waals surface area contributed by atoms with E-state index in [2.05, 4.69) is 26.1 Å². The van der Waals surface area contributed by atoms with Gasteiger partial charge in [-0.15, -0.1) is 0 Å². The van der Waals surface area contributed by atoms with Gasteiger partial charge in [-0.25, -0.2) is 0 Å². The quantitative estimate of drug-likeness (QED) is 0.930. The van der Waals surface area contributed by atoms with Gasteiger partial charge in [0.2, 0.25) is 0 Å². The largest absolute Gasteiger partial charge is 0.480 e. The molecule has 7 heteroatoms. The number of aromatic nitrogens is 4. The predicted molar refractivity (Wildman–Crippen MR) is 64.5 cm³/mol. The smallest absolute Gasteiger partial charge is 0.325 e. The van der Waals surface area contributed by atoms with Crippen LogP contribution in [-0.4, -0.2) is 30.6 Å². The molecule has 0 spiro atoms. The fourth-order valence-electron chi connectivity index (χ4n) is 1.63. The Morgan fingerprint density at radius 2 is 2.18 bits per heavy atom. The monoisotopic (exact) mass is 298 g/mol. The Morgan fingerprint density at radius 1 is 1.47 bits per heavy atom. The van der Waals surface area contributed by atoms with E-state index in [1.54, 1.807) is 10.9 Å². The zero-order valence-electron chi connectivity index (χ0n) is 9.38. The molecule has 2 aromatic rings. The van der Waals surface area contributed by atoms with Crippen molar-refractivity contribution in [1.29, 1.82) is 0 Å². The maximum Gasteiger partial charge on any atom is 0.325 e. The van der Waals surface area contributed by atoms with Crippen molar-refractivity contribution in [3.8, 4) is 11.3 Å². The van der Waals surface area contributed by atoms with E-state index >= 15 is 0 Å². The first-order valence-corrected chi connectivity index (χ1v) is 5.72. The molecule has 17 heavy (non-hydrogen) atoms. The lowest BCUT2D eigenvalue weighted by molar-refractivity contribution is -0.137. The maximum absolute atomic E-state index is 10.6. The van der Waals surface area contributed by atoms with Crippen LogP contribution in [0.15, 0.2) is 16.9 Å². The van der Waals surface area contributed by atoms with Crippen LogP contribution in [0.25, 0.3) is 11.3 Å². The third-order valence-electron chi connectivity index (χ3n) is 2.28. The Morgan fingerprint density at radius 3 is 2.71 bits per heavy atom. The standard InChI is InChI=1S/C10H11BrN4O2/c1-6-7(3-14(2)12-6)10-8(11)4-15(13-10)5-9(16)17/h3-4H,5H2,1-2H3,(H,16,17). The third kappa shape index (κ3) is 2.38. The van der Waals surface area contributed by atoms with Gasteiger partial charge in [-0.1, -0.05) is 0 Å². The number of carboxylic acid groups (broad SMARTS) is 1. The van der Waals surface area contributed by atoms with Crippen molar-refractivity contribution in [1.82, 2.24) is 19.6 Å². The maximum atomic E-state index is 10.6. The Labute approximate surface area is 106 Å². The van der Waals surface area contributed by atoms with Crippen LogP contribution in [0, 0.1) is 6.92 Å². The second-order valence-corrected chi connectivity index (χ2v) is 4.57. The van der Waals surface area contributed by atoms with E-state index < -0.39 is 5.97 Å². The average Bonchev–Trinajstić information content (AvgIpc) is 2.69. The molecule has 0 atom stereocenters. The zero-order chi connectivity index (χ0) is 12.6. The molecular formula is C10H11BrN4O2. The van der Waals surface area contributed by atoms with Crippen LogP contribution in [0.4, 0.5) is 0 Å². The summed E-state index contributed by atoms with van der Waals surface area (Å²) >= 11 is 3.37. The summed E-state index contributed by atoms with van der Waals surface area (Å²) in [4.78, 5) is 10.6. The second-order valence-electron chi connectivity index (χ2n) is 3.72. The first-order chi connectivity index (χ1) is 7.97. The summed E-state index contributed by atoms with van der Waals surface area (Å²) in [6.45, 7) is 1.73. The van der Waals surface area contributed by atoms with Crippen molar-refractivity contribution in [3.05, 3.63) is 22.6 Å². The molecule has 0 aliphatic heterocycles. The number of carboxylic acids is 1. The van der Waals surface area contributed by atoms with Crippen LogP contribution in [-0.2, 0) is 18.4 Å². The molecule has 0 amide bonds. The van der Waals surface area contributed by atoms with E-state index in [0.717, 1.165) is 15.7 Å². The molecule has 2 heterocycles. The SMILES string of the molecule is Cc1nn(C)cc1-c1nn(CC(=O)O)cc1Br. The highest BCUT2D eigenvalue weighted by molar-refractivity contribution is 9.10. The van der Waals surface area contributed by atoms with Crippen LogP contribution >= 0.6 is 15.9 Å². The van der Waals surface area contributed by atoms with Crippen molar-refractivity contribution in [3.63, 3.8) is 0 Å². The molecular weight excluding hydrogens is 288 g/mol. The van der Waals surface area contributed by atoms with Crippen LogP contribution < -0.4 is 0 Å². The molecule has 0 aromatic carbocycles. The van der Waals surface area contributed by atoms with Gasteiger partial charge in [0, 0.05) is 25.0 Å². The molecule has 0 unspecified atom stereocenters. The molecule has 0 aliphatic rings. The number of aliphatic carboxylic acids is 1. The van der Waals surface area contributed by atoms with Crippen molar-refractivity contribution in [2.24, 2.45) is 7.05 Å². The summed E-state index contributed by atoms with van der Waals surface area (Å²) in [7, 11) is 1.83. The number of carbonyl (C=O) groups is 1. The lowest BCUT2D eigenvalue weighted by Crippen LogP contribution is -2.08. The molecule has 1 N–H and O–H groups in total. The third-order valence-corrected chi connectivity index (χ3v) is 2.86. The molecule has 0 saturated heterocycles. The van der Waals surface area contributed by atoms with Crippen LogP contribution in [0.3, 0.4) is 0 Å². The molecule has 0 radical (unpaired) electrons. The Kier molecular flexibility index (Phi) is 3.01. The van der Waals surface area contributed by atoms with Crippen LogP contribution in [0.5, 0.6) is 0 Å². The lowest BCUT2D eigenvalue weighted by Gasteiger charge is -1.95. The van der Waals surface area contributed by atoms with Crippen LogP contribution in [0.2, 0.25) is 0 Å². The molecule has 0 aliphatic carbocycles. The predicted octanol–water partition coefficient (Wildman–Crippen LogP) is 1.44. The van der Waals surface area contributed by atoms with E-state index in [9.17, 15) is 4.79 Å². The zero-order valence-corrected chi connectivity index (χ0v) is 11.0. The first kappa shape index (κ1) is 11.8. The summed E-state index contributed by atoms with van der Waals surface area (Å²) < 4.78 is 3.84. The highest BCUT2D eigenvalue weighted by Gasteiger charge is 2.14. The normalized spacial score (nSPS) is 10.8. The Hall–Kier alpha value is -1.63. The highest BCUT2D eigenvalue weighted by Crippen LogP contribution is 2.28. The van der Waals surface area contributed by atoms with Gasteiger partial charge in [-0.2, -0.15) is 10.2 Å². The number of hydrogen-bond donors (Lipinski definition) is 1. The van der Waals surface area contributed by atoms with E-state index in [0.29, 0.717) is 5.69 Å². The van der Waals surface area contributed by atoms with Gasteiger partial charge < -0.3 is 5.11 Å². The van der Waals surface area contributed by atoms with E-state index in [-0.39, 0.29) is 6.54 Å². The number of aryl methyl sites for hydroxylation is 2. The average molecular weight is 299 g/mol. The Balaban J connectivity index is 2.42. The minimum Gasteiger partial charge on any atom is -0.480 e. The van der Waals surface area contributed by atoms with Gasteiger partial charge in [0.05, 0.1) is 10.2 Å².